The lowest BCUT2D eigenvalue weighted by Gasteiger charge is -2.28. The normalized spacial score (nSPS) is 12.4. The van der Waals surface area contributed by atoms with Gasteiger partial charge >= 0.3 is 0 Å². The Hall–Kier alpha value is -2.34. The van der Waals surface area contributed by atoms with Gasteiger partial charge < -0.3 is 5.32 Å². The maximum absolute atomic E-state index is 12.8. The molecule has 0 radical (unpaired) electrons. The van der Waals surface area contributed by atoms with Crippen molar-refractivity contribution in [3.63, 3.8) is 0 Å². The van der Waals surface area contributed by atoms with Gasteiger partial charge in [0.2, 0.25) is 15.9 Å². The van der Waals surface area contributed by atoms with Crippen LogP contribution in [0.5, 0.6) is 0 Å². The van der Waals surface area contributed by atoms with Crippen molar-refractivity contribution in [2.45, 2.75) is 59.5 Å². The van der Waals surface area contributed by atoms with E-state index in [1.54, 1.807) is 19.1 Å². The Morgan fingerprint density at radius 2 is 1.52 bits per heavy atom. The third-order valence-corrected chi connectivity index (χ3v) is 6.44. The van der Waals surface area contributed by atoms with Crippen molar-refractivity contribution in [1.29, 1.82) is 0 Å². The molecule has 0 spiro atoms. The fourth-order valence-corrected chi connectivity index (χ4v) is 4.60. The number of benzene rings is 2. The number of carbonyl (C=O) groups excluding carboxylic acids is 1. The van der Waals surface area contributed by atoms with Gasteiger partial charge in [-0.1, -0.05) is 51.1 Å². The van der Waals surface area contributed by atoms with Gasteiger partial charge in [0.05, 0.1) is 11.9 Å². The highest BCUT2D eigenvalue weighted by Gasteiger charge is 2.29. The van der Waals surface area contributed by atoms with Crippen molar-refractivity contribution in [3.8, 4) is 0 Å². The third-order valence-electron chi connectivity index (χ3n) is 5.20. The van der Waals surface area contributed by atoms with E-state index in [1.165, 1.54) is 15.4 Å². The van der Waals surface area contributed by atoms with Crippen molar-refractivity contribution in [2.24, 2.45) is 0 Å². The second-order valence-corrected chi connectivity index (χ2v) is 9.14. The van der Waals surface area contributed by atoms with E-state index in [0.29, 0.717) is 12.2 Å². The molecule has 158 valence electrons. The van der Waals surface area contributed by atoms with Crippen LogP contribution in [0.1, 0.15) is 49.9 Å². The number of anilines is 1. The van der Waals surface area contributed by atoms with Gasteiger partial charge in [-0.15, -0.1) is 0 Å². The van der Waals surface area contributed by atoms with Crippen molar-refractivity contribution >= 4 is 21.6 Å². The van der Waals surface area contributed by atoms with Crippen LogP contribution in [0.3, 0.4) is 0 Å². The highest BCUT2D eigenvalue weighted by Crippen LogP contribution is 2.22. The number of nitrogens with zero attached hydrogens (tertiary/aromatic N) is 1. The Labute approximate surface area is 175 Å². The summed E-state index contributed by atoms with van der Waals surface area (Å²) in [6.07, 6.45) is 3.80. The van der Waals surface area contributed by atoms with E-state index in [-0.39, 0.29) is 5.91 Å². The number of aryl methyl sites for hydroxylation is 3. The van der Waals surface area contributed by atoms with Crippen LogP contribution < -0.4 is 9.62 Å². The van der Waals surface area contributed by atoms with Gasteiger partial charge in [0.1, 0.15) is 6.04 Å². The Morgan fingerprint density at radius 1 is 0.931 bits per heavy atom. The Kier molecular flexibility index (Phi) is 7.85. The molecular weight excluding hydrogens is 384 g/mol. The fourth-order valence-electron chi connectivity index (χ4n) is 3.43. The first-order chi connectivity index (χ1) is 13.7. The van der Waals surface area contributed by atoms with Crippen molar-refractivity contribution in [2.75, 3.05) is 10.6 Å². The maximum Gasteiger partial charge on any atom is 0.243 e. The molecule has 0 bridgehead atoms. The van der Waals surface area contributed by atoms with E-state index in [4.69, 9.17) is 0 Å². The molecular formula is C23H32N2O3S. The molecule has 5 nitrogen and oxygen atoms in total. The van der Waals surface area contributed by atoms with Crippen LogP contribution >= 0.6 is 0 Å². The van der Waals surface area contributed by atoms with Gasteiger partial charge in [-0.2, -0.15) is 0 Å². The molecule has 6 heteroatoms. The minimum atomic E-state index is -3.62. The Balaban J connectivity index is 2.21. The van der Waals surface area contributed by atoms with Gasteiger partial charge in [0.15, 0.2) is 0 Å². The topological polar surface area (TPSA) is 66.5 Å². The molecule has 0 aliphatic rings. The third kappa shape index (κ3) is 5.82. The lowest BCUT2D eigenvalue weighted by Crippen LogP contribution is -2.47. The van der Waals surface area contributed by atoms with E-state index < -0.39 is 16.1 Å². The number of sulfonamides is 1. The molecule has 2 aromatic carbocycles. The van der Waals surface area contributed by atoms with Crippen LogP contribution in [0.25, 0.3) is 0 Å². The molecule has 0 unspecified atom stereocenters. The zero-order valence-electron chi connectivity index (χ0n) is 18.0. The molecule has 0 heterocycles. The molecule has 1 atom stereocenters. The summed E-state index contributed by atoms with van der Waals surface area (Å²) >= 11 is 0. The van der Waals surface area contributed by atoms with Crippen molar-refractivity contribution in [1.82, 2.24) is 5.32 Å². The SMILES string of the molecule is CCc1ccc(N([C@H](C)C(=O)NCc2cc(CC)ccc2CC)S(C)(=O)=O)cc1. The van der Waals surface area contributed by atoms with E-state index >= 15 is 0 Å². The monoisotopic (exact) mass is 416 g/mol. The summed E-state index contributed by atoms with van der Waals surface area (Å²) < 4.78 is 26.1. The average Bonchev–Trinajstić information content (AvgIpc) is 2.71. The predicted octanol–water partition coefficient (Wildman–Crippen LogP) is 3.84. The molecule has 2 rings (SSSR count). The quantitative estimate of drug-likeness (QED) is 0.675. The zero-order valence-corrected chi connectivity index (χ0v) is 18.8. The Morgan fingerprint density at radius 3 is 2.03 bits per heavy atom. The number of nitrogens with one attached hydrogen (secondary N) is 1. The van der Waals surface area contributed by atoms with Crippen molar-refractivity contribution < 1.29 is 13.2 Å². The molecule has 29 heavy (non-hydrogen) atoms. The van der Waals surface area contributed by atoms with Crippen LogP contribution in [-0.4, -0.2) is 26.6 Å². The molecule has 0 saturated carbocycles. The summed E-state index contributed by atoms with van der Waals surface area (Å²) in [6.45, 7) is 8.22. The molecule has 1 amide bonds. The number of amides is 1. The number of hydrogen-bond acceptors (Lipinski definition) is 3. The summed E-state index contributed by atoms with van der Waals surface area (Å²) in [6, 6.07) is 12.8. The second kappa shape index (κ2) is 9.92. The van der Waals surface area contributed by atoms with Gasteiger partial charge in [-0.3, -0.25) is 9.10 Å². The smallest absolute Gasteiger partial charge is 0.243 e. The first-order valence-electron chi connectivity index (χ1n) is 10.2. The van der Waals surface area contributed by atoms with Crippen LogP contribution in [0, 0.1) is 0 Å². The van der Waals surface area contributed by atoms with Gasteiger partial charge in [-0.05, 0) is 60.6 Å². The summed E-state index contributed by atoms with van der Waals surface area (Å²) in [7, 11) is -3.62. The minimum absolute atomic E-state index is 0.320. The first-order valence-corrected chi connectivity index (χ1v) is 12.0. The molecule has 0 aromatic heterocycles. The standard InChI is InChI=1S/C23H32N2O3S/c1-6-18-10-13-22(14-11-18)25(29(5,27)28)17(4)23(26)24-16-21-15-19(7-2)9-12-20(21)8-3/h9-15,17H,6-8,16H2,1-5H3,(H,24,26)/t17-/m1/s1. The lowest BCUT2D eigenvalue weighted by atomic mass is 10.0. The summed E-state index contributed by atoms with van der Waals surface area (Å²) in [5, 5.41) is 2.92. The van der Waals surface area contributed by atoms with E-state index in [9.17, 15) is 13.2 Å². The van der Waals surface area contributed by atoms with Crippen molar-refractivity contribution in [3.05, 3.63) is 64.7 Å². The number of hydrogen-bond donors (Lipinski definition) is 1. The number of rotatable bonds is 9. The highest BCUT2D eigenvalue weighted by atomic mass is 32.2. The largest absolute Gasteiger partial charge is 0.350 e. The van der Waals surface area contributed by atoms with Gasteiger partial charge in [0, 0.05) is 6.54 Å². The maximum atomic E-state index is 12.8. The van der Waals surface area contributed by atoms with Crippen LogP contribution in [-0.2, 0) is 40.6 Å². The molecule has 2 aromatic rings. The van der Waals surface area contributed by atoms with E-state index in [0.717, 1.165) is 36.6 Å². The molecule has 0 aliphatic carbocycles. The first kappa shape index (κ1) is 22.9. The minimum Gasteiger partial charge on any atom is -0.350 e. The summed E-state index contributed by atoms with van der Waals surface area (Å²) in [4.78, 5) is 12.8. The number of carbonyl (C=O) groups is 1. The van der Waals surface area contributed by atoms with E-state index in [2.05, 4.69) is 37.4 Å². The van der Waals surface area contributed by atoms with Gasteiger partial charge in [0.25, 0.3) is 0 Å². The average molecular weight is 417 g/mol. The molecule has 0 fully saturated rings. The van der Waals surface area contributed by atoms with Crippen LogP contribution in [0.4, 0.5) is 5.69 Å². The molecule has 1 N–H and O–H groups in total. The van der Waals surface area contributed by atoms with Crippen LogP contribution in [0.15, 0.2) is 42.5 Å². The lowest BCUT2D eigenvalue weighted by molar-refractivity contribution is -0.122. The molecule has 0 saturated heterocycles. The highest BCUT2D eigenvalue weighted by molar-refractivity contribution is 7.92. The molecule has 0 aliphatic heterocycles. The summed E-state index contributed by atoms with van der Waals surface area (Å²) in [5.74, 6) is -0.320. The zero-order chi connectivity index (χ0) is 21.6. The van der Waals surface area contributed by atoms with E-state index in [1.807, 2.05) is 19.1 Å². The van der Waals surface area contributed by atoms with Crippen LogP contribution in [0.2, 0.25) is 0 Å². The Bertz CT molecular complexity index is 937. The fraction of sp³-hybridized carbons (Fsp3) is 0.435. The van der Waals surface area contributed by atoms with Gasteiger partial charge in [-0.25, -0.2) is 8.42 Å². The predicted molar refractivity (Wildman–Crippen MR) is 120 cm³/mol. The second-order valence-electron chi connectivity index (χ2n) is 7.28. The summed E-state index contributed by atoms with van der Waals surface area (Å²) in [5.41, 5.74) is 5.08.